The molecule has 0 aromatic heterocycles. The van der Waals surface area contributed by atoms with E-state index in [0.29, 0.717) is 12.5 Å². The van der Waals surface area contributed by atoms with Crippen molar-refractivity contribution in [2.24, 2.45) is 22.7 Å². The fourth-order valence-electron chi connectivity index (χ4n) is 3.27. The number of carbonyl (C=O) groups excluding carboxylic acids is 2. The molecule has 31 heavy (non-hydrogen) atoms. The summed E-state index contributed by atoms with van der Waals surface area (Å²) in [6.07, 6.45) is 8.43. The topological polar surface area (TPSA) is 61.8 Å². The van der Waals surface area contributed by atoms with Crippen molar-refractivity contribution in [3.05, 3.63) is 0 Å². The monoisotopic (exact) mass is 442 g/mol. The van der Waals surface area contributed by atoms with E-state index in [0.717, 1.165) is 38.7 Å². The quantitative estimate of drug-likeness (QED) is 0.224. The van der Waals surface area contributed by atoms with Gasteiger partial charge in [0.1, 0.15) is 6.61 Å². The van der Waals surface area contributed by atoms with Gasteiger partial charge in [0.25, 0.3) is 0 Å². The molecular formula is C26H50O5. The van der Waals surface area contributed by atoms with Gasteiger partial charge in [-0.2, -0.15) is 0 Å². The third-order valence-corrected chi connectivity index (χ3v) is 5.84. The Hall–Kier alpha value is -1.10. The van der Waals surface area contributed by atoms with Crippen LogP contribution in [0.15, 0.2) is 0 Å². The Balaban J connectivity index is 4.45. The summed E-state index contributed by atoms with van der Waals surface area (Å²) in [6.45, 7) is 17.8. The van der Waals surface area contributed by atoms with Crippen molar-refractivity contribution in [2.45, 2.75) is 107 Å². The maximum absolute atomic E-state index is 12.6. The molecule has 0 bridgehead atoms. The van der Waals surface area contributed by atoms with Crippen LogP contribution in [0.5, 0.6) is 0 Å². The number of esters is 2. The highest BCUT2D eigenvalue weighted by Gasteiger charge is 2.34. The number of hydrogen-bond acceptors (Lipinski definition) is 5. The average molecular weight is 443 g/mol. The van der Waals surface area contributed by atoms with E-state index in [1.54, 1.807) is 13.8 Å². The van der Waals surface area contributed by atoms with Crippen LogP contribution in [0.1, 0.15) is 107 Å². The molecule has 0 aliphatic carbocycles. The van der Waals surface area contributed by atoms with Gasteiger partial charge < -0.3 is 14.2 Å². The highest BCUT2D eigenvalue weighted by molar-refractivity contribution is 5.77. The van der Waals surface area contributed by atoms with Gasteiger partial charge in [0, 0.05) is 12.0 Å². The highest BCUT2D eigenvalue weighted by Crippen LogP contribution is 2.24. The zero-order valence-electron chi connectivity index (χ0n) is 21.7. The molecule has 0 rings (SSSR count). The molecule has 184 valence electrons. The van der Waals surface area contributed by atoms with Crippen molar-refractivity contribution in [1.82, 2.24) is 0 Å². The average Bonchev–Trinajstić information content (AvgIpc) is 2.73. The Kier molecular flexibility index (Phi) is 15.1. The SMILES string of the molecule is CCCCC(CC)COCC(C)(C)COC(=O)C(C)(C)COC(=O)C(CC)CCCC. The van der Waals surface area contributed by atoms with E-state index in [2.05, 4.69) is 20.8 Å². The second kappa shape index (κ2) is 15.7. The summed E-state index contributed by atoms with van der Waals surface area (Å²) >= 11 is 0. The molecule has 0 N–H and O–H groups in total. The number of hydrogen-bond donors (Lipinski definition) is 0. The summed E-state index contributed by atoms with van der Waals surface area (Å²) in [5, 5.41) is 0. The summed E-state index contributed by atoms with van der Waals surface area (Å²) in [5.74, 6) is -0.0493. The molecule has 0 aliphatic heterocycles. The van der Waals surface area contributed by atoms with Crippen molar-refractivity contribution in [3.63, 3.8) is 0 Å². The molecule has 0 aromatic rings. The van der Waals surface area contributed by atoms with Gasteiger partial charge in [0.15, 0.2) is 0 Å². The lowest BCUT2D eigenvalue weighted by Crippen LogP contribution is -2.36. The minimum atomic E-state index is -0.872. The summed E-state index contributed by atoms with van der Waals surface area (Å²) in [7, 11) is 0. The molecule has 0 heterocycles. The Bertz CT molecular complexity index is 498. The van der Waals surface area contributed by atoms with Gasteiger partial charge >= 0.3 is 11.9 Å². The van der Waals surface area contributed by atoms with Gasteiger partial charge in [-0.1, -0.05) is 73.6 Å². The molecule has 2 atom stereocenters. The standard InChI is InChI=1S/C26H50O5/c1-9-13-15-21(11-3)17-29-18-25(5,6)19-31-24(28)26(7,8)20-30-23(27)22(12-4)16-14-10-2/h21-22H,9-20H2,1-8H3. The lowest BCUT2D eigenvalue weighted by atomic mass is 9.93. The fourth-order valence-corrected chi connectivity index (χ4v) is 3.27. The number of carbonyl (C=O) groups is 2. The van der Waals surface area contributed by atoms with E-state index in [4.69, 9.17) is 14.2 Å². The van der Waals surface area contributed by atoms with E-state index >= 15 is 0 Å². The first-order valence-electron chi connectivity index (χ1n) is 12.4. The molecule has 0 amide bonds. The predicted molar refractivity (Wildman–Crippen MR) is 127 cm³/mol. The molecular weight excluding hydrogens is 392 g/mol. The molecule has 0 saturated carbocycles. The summed E-state index contributed by atoms with van der Waals surface area (Å²) in [6, 6.07) is 0. The Morgan fingerprint density at radius 2 is 1.39 bits per heavy atom. The fraction of sp³-hybridized carbons (Fsp3) is 0.923. The molecule has 0 radical (unpaired) electrons. The lowest BCUT2D eigenvalue weighted by molar-refractivity contribution is -0.166. The Labute approximate surface area is 192 Å². The molecule has 2 unspecified atom stereocenters. The first-order valence-corrected chi connectivity index (χ1v) is 12.4. The smallest absolute Gasteiger partial charge is 0.315 e. The zero-order chi connectivity index (χ0) is 23.9. The van der Waals surface area contributed by atoms with Gasteiger partial charge in [-0.05, 0) is 39.0 Å². The lowest BCUT2D eigenvalue weighted by Gasteiger charge is -2.28. The van der Waals surface area contributed by atoms with E-state index in [-0.39, 0.29) is 36.5 Å². The molecule has 5 heteroatoms. The molecule has 0 saturated heterocycles. The number of ether oxygens (including phenoxy) is 3. The predicted octanol–water partition coefficient (Wildman–Crippen LogP) is 6.57. The second-order valence-corrected chi connectivity index (χ2v) is 10.4. The van der Waals surface area contributed by atoms with Crippen LogP contribution >= 0.6 is 0 Å². The Morgan fingerprint density at radius 1 is 0.774 bits per heavy atom. The summed E-state index contributed by atoms with van der Waals surface area (Å²) in [4.78, 5) is 25.0. The van der Waals surface area contributed by atoms with Crippen LogP contribution < -0.4 is 0 Å². The van der Waals surface area contributed by atoms with Crippen molar-refractivity contribution < 1.29 is 23.8 Å². The minimum absolute atomic E-state index is 0.0415. The van der Waals surface area contributed by atoms with Crippen LogP contribution in [0.3, 0.4) is 0 Å². The summed E-state index contributed by atoms with van der Waals surface area (Å²) < 4.78 is 17.0. The van der Waals surface area contributed by atoms with Crippen LogP contribution in [0.4, 0.5) is 0 Å². The zero-order valence-corrected chi connectivity index (χ0v) is 21.7. The van der Waals surface area contributed by atoms with Crippen molar-refractivity contribution >= 4 is 11.9 Å². The number of rotatable bonds is 18. The largest absolute Gasteiger partial charge is 0.465 e. The van der Waals surface area contributed by atoms with Crippen LogP contribution in [0, 0.1) is 22.7 Å². The molecule has 0 fully saturated rings. The molecule has 0 aliphatic rings. The third kappa shape index (κ3) is 13.1. The highest BCUT2D eigenvalue weighted by atomic mass is 16.6. The van der Waals surface area contributed by atoms with E-state index in [9.17, 15) is 9.59 Å². The maximum atomic E-state index is 12.6. The van der Waals surface area contributed by atoms with Crippen molar-refractivity contribution in [2.75, 3.05) is 26.4 Å². The van der Waals surface area contributed by atoms with Crippen LogP contribution in [0.2, 0.25) is 0 Å². The summed E-state index contributed by atoms with van der Waals surface area (Å²) in [5.41, 5.74) is -1.14. The molecule has 0 spiro atoms. The van der Waals surface area contributed by atoms with Crippen molar-refractivity contribution in [3.8, 4) is 0 Å². The normalized spacial score (nSPS) is 14.2. The third-order valence-electron chi connectivity index (χ3n) is 5.84. The van der Waals surface area contributed by atoms with E-state index in [1.807, 2.05) is 20.8 Å². The van der Waals surface area contributed by atoms with Crippen LogP contribution in [-0.4, -0.2) is 38.4 Å². The van der Waals surface area contributed by atoms with Gasteiger partial charge in [-0.15, -0.1) is 0 Å². The number of unbranched alkanes of at least 4 members (excludes halogenated alkanes) is 2. The van der Waals surface area contributed by atoms with E-state index < -0.39 is 5.41 Å². The molecule has 0 aromatic carbocycles. The second-order valence-electron chi connectivity index (χ2n) is 10.4. The van der Waals surface area contributed by atoms with Gasteiger partial charge in [0.05, 0.1) is 24.5 Å². The first-order chi connectivity index (χ1) is 14.5. The first kappa shape index (κ1) is 29.9. The van der Waals surface area contributed by atoms with Gasteiger partial charge in [-0.25, -0.2) is 0 Å². The van der Waals surface area contributed by atoms with Crippen LogP contribution in [-0.2, 0) is 23.8 Å². The molecule has 5 nitrogen and oxygen atoms in total. The van der Waals surface area contributed by atoms with Gasteiger partial charge in [0.2, 0.25) is 0 Å². The Morgan fingerprint density at radius 3 is 1.94 bits per heavy atom. The minimum Gasteiger partial charge on any atom is -0.465 e. The van der Waals surface area contributed by atoms with Gasteiger partial charge in [-0.3, -0.25) is 9.59 Å². The van der Waals surface area contributed by atoms with E-state index in [1.165, 1.54) is 19.3 Å². The van der Waals surface area contributed by atoms with Crippen molar-refractivity contribution in [1.29, 1.82) is 0 Å². The van der Waals surface area contributed by atoms with Crippen LogP contribution in [0.25, 0.3) is 0 Å². The maximum Gasteiger partial charge on any atom is 0.315 e.